The van der Waals surface area contributed by atoms with Crippen LogP contribution in [0.1, 0.15) is 19.3 Å². The summed E-state index contributed by atoms with van der Waals surface area (Å²) in [6.45, 7) is 1.26. The molecule has 5 nitrogen and oxygen atoms in total. The zero-order valence-corrected chi connectivity index (χ0v) is 13.3. The number of halogens is 2. The van der Waals surface area contributed by atoms with Gasteiger partial charge in [0.25, 0.3) is 5.91 Å². The largest absolute Gasteiger partial charge is 0.492 e. The lowest BCUT2D eigenvalue weighted by atomic mass is 9.75. The van der Waals surface area contributed by atoms with Crippen molar-refractivity contribution >= 4 is 11.6 Å². The molecule has 7 heteroatoms. The molecule has 2 rings (SSSR count). The highest BCUT2D eigenvalue weighted by Gasteiger charge is 2.61. The molecule has 1 aliphatic carbocycles. The van der Waals surface area contributed by atoms with E-state index < -0.39 is 17.4 Å². The third-order valence-corrected chi connectivity index (χ3v) is 3.97. The monoisotopic (exact) mass is 328 g/mol. The van der Waals surface area contributed by atoms with E-state index in [0.29, 0.717) is 18.8 Å². The molecule has 0 unspecified atom stereocenters. The minimum absolute atomic E-state index is 0.0634. The number of rotatable bonds is 7. The van der Waals surface area contributed by atoms with Gasteiger partial charge < -0.3 is 20.1 Å². The first kappa shape index (κ1) is 17.6. The Bertz CT molecular complexity index is 543. The van der Waals surface area contributed by atoms with Crippen molar-refractivity contribution in [1.82, 2.24) is 4.90 Å². The van der Waals surface area contributed by atoms with Crippen LogP contribution in [0.5, 0.6) is 5.75 Å². The van der Waals surface area contributed by atoms with Gasteiger partial charge in [-0.15, -0.1) is 0 Å². The number of alkyl halides is 2. The third-order valence-electron chi connectivity index (χ3n) is 3.97. The molecule has 0 aliphatic heterocycles. The molecule has 1 saturated carbocycles. The first-order valence-electron chi connectivity index (χ1n) is 7.54. The average molecular weight is 328 g/mol. The van der Waals surface area contributed by atoms with E-state index in [-0.39, 0.29) is 18.5 Å². The van der Waals surface area contributed by atoms with E-state index in [0.717, 1.165) is 6.54 Å². The molecule has 1 fully saturated rings. The number of likely N-dealkylation sites (N-methyl/N-ethyl adjacent to an activating group) is 1. The summed E-state index contributed by atoms with van der Waals surface area (Å²) >= 11 is 0. The van der Waals surface area contributed by atoms with Crippen molar-refractivity contribution < 1.29 is 23.4 Å². The number of nitrogens with one attached hydrogen (secondary N) is 1. The number of anilines is 1. The van der Waals surface area contributed by atoms with Gasteiger partial charge in [-0.3, -0.25) is 4.79 Å². The fourth-order valence-electron chi connectivity index (χ4n) is 2.23. The van der Waals surface area contributed by atoms with Gasteiger partial charge in [0.05, 0.1) is 0 Å². The minimum Gasteiger partial charge on any atom is -0.492 e. The molecule has 2 N–H and O–H groups in total. The molecule has 1 aromatic carbocycles. The second-order valence-electron chi connectivity index (χ2n) is 6.09. The number of amides is 1. The molecule has 1 aliphatic rings. The summed E-state index contributed by atoms with van der Waals surface area (Å²) in [5.41, 5.74) is -1.98. The predicted octanol–water partition coefficient (Wildman–Crippen LogP) is 2.12. The molecule has 0 saturated heterocycles. The maximum Gasteiger partial charge on any atom is 0.352 e. The Hall–Kier alpha value is -1.73. The second kappa shape index (κ2) is 6.80. The first-order chi connectivity index (χ1) is 10.7. The predicted molar refractivity (Wildman–Crippen MR) is 82.9 cm³/mol. The van der Waals surface area contributed by atoms with Crippen LogP contribution in [0.2, 0.25) is 0 Å². The van der Waals surface area contributed by atoms with Crippen LogP contribution in [0.15, 0.2) is 24.3 Å². The summed E-state index contributed by atoms with van der Waals surface area (Å²) in [4.78, 5) is 13.7. The molecule has 1 amide bonds. The lowest BCUT2D eigenvalue weighted by molar-refractivity contribution is -0.212. The second-order valence-corrected chi connectivity index (χ2v) is 6.09. The van der Waals surface area contributed by atoms with Crippen LogP contribution in [0.25, 0.3) is 0 Å². The van der Waals surface area contributed by atoms with Crippen molar-refractivity contribution in [2.45, 2.75) is 30.8 Å². The Morgan fingerprint density at radius 2 is 1.96 bits per heavy atom. The van der Waals surface area contributed by atoms with Crippen molar-refractivity contribution in [1.29, 1.82) is 0 Å². The van der Waals surface area contributed by atoms with Gasteiger partial charge in [0.15, 0.2) is 0 Å². The number of carbonyl (C=O) groups excluding carboxylic acids is 1. The summed E-state index contributed by atoms with van der Waals surface area (Å²) < 4.78 is 33.4. The van der Waals surface area contributed by atoms with Crippen molar-refractivity contribution in [2.75, 3.05) is 32.6 Å². The molecule has 23 heavy (non-hydrogen) atoms. The Kier molecular flexibility index (Phi) is 5.21. The smallest absolute Gasteiger partial charge is 0.352 e. The van der Waals surface area contributed by atoms with Crippen molar-refractivity contribution in [2.24, 2.45) is 0 Å². The van der Waals surface area contributed by atoms with Crippen molar-refractivity contribution in [3.8, 4) is 5.75 Å². The van der Waals surface area contributed by atoms with Gasteiger partial charge in [-0.2, -0.15) is 8.78 Å². The van der Waals surface area contributed by atoms with Crippen LogP contribution in [-0.4, -0.2) is 54.7 Å². The average Bonchev–Trinajstić information content (AvgIpc) is 2.46. The van der Waals surface area contributed by atoms with Crippen LogP contribution >= 0.6 is 0 Å². The summed E-state index contributed by atoms with van der Waals surface area (Å²) in [5, 5.41) is 11.9. The molecule has 0 radical (unpaired) electrons. The van der Waals surface area contributed by atoms with Gasteiger partial charge in [-0.25, -0.2) is 0 Å². The van der Waals surface area contributed by atoms with E-state index in [4.69, 9.17) is 4.74 Å². The Labute approximate surface area is 134 Å². The van der Waals surface area contributed by atoms with Crippen LogP contribution in [-0.2, 0) is 4.79 Å². The minimum atomic E-state index is -3.80. The fourth-order valence-corrected chi connectivity index (χ4v) is 2.23. The Balaban J connectivity index is 1.91. The van der Waals surface area contributed by atoms with Gasteiger partial charge in [-0.05, 0) is 57.6 Å². The van der Waals surface area contributed by atoms with Gasteiger partial charge in [0, 0.05) is 12.2 Å². The molecule has 1 aromatic rings. The number of aliphatic hydroxyl groups is 1. The lowest BCUT2D eigenvalue weighted by Gasteiger charge is -2.41. The van der Waals surface area contributed by atoms with Crippen LogP contribution in [0, 0.1) is 0 Å². The van der Waals surface area contributed by atoms with E-state index >= 15 is 0 Å². The summed E-state index contributed by atoms with van der Waals surface area (Å²) in [5.74, 6) is -4.69. The fraction of sp³-hybridized carbons (Fsp3) is 0.562. The number of ether oxygens (including phenoxy) is 1. The molecule has 0 atom stereocenters. The van der Waals surface area contributed by atoms with E-state index in [2.05, 4.69) is 5.32 Å². The standard InChI is InChI=1S/C16H22F2N2O3/c1-20(2)10-11-23-13-6-4-12(5-7-13)19-14(21)16(17,18)15(22)8-3-9-15/h4-7,22H,3,8-11H2,1-2H3,(H,19,21). The topological polar surface area (TPSA) is 61.8 Å². The zero-order valence-electron chi connectivity index (χ0n) is 13.3. The highest BCUT2D eigenvalue weighted by Crippen LogP contribution is 2.44. The Morgan fingerprint density at radius 3 is 2.43 bits per heavy atom. The molecular formula is C16H22F2N2O3. The Morgan fingerprint density at radius 1 is 1.35 bits per heavy atom. The molecule has 0 spiro atoms. The van der Waals surface area contributed by atoms with Gasteiger partial charge >= 0.3 is 5.92 Å². The number of hydrogen-bond acceptors (Lipinski definition) is 4. The zero-order chi connectivity index (χ0) is 17.1. The van der Waals surface area contributed by atoms with Crippen LogP contribution in [0.3, 0.4) is 0 Å². The molecule has 128 valence electrons. The van der Waals surface area contributed by atoms with E-state index in [9.17, 15) is 18.7 Å². The highest BCUT2D eigenvalue weighted by molar-refractivity contribution is 5.97. The summed E-state index contributed by atoms with van der Waals surface area (Å²) in [7, 11) is 3.86. The van der Waals surface area contributed by atoms with E-state index in [1.54, 1.807) is 12.1 Å². The molecule has 0 bridgehead atoms. The number of nitrogens with zero attached hydrogens (tertiary/aromatic N) is 1. The lowest BCUT2D eigenvalue weighted by Crippen LogP contribution is -2.59. The third kappa shape index (κ3) is 3.97. The van der Waals surface area contributed by atoms with Crippen molar-refractivity contribution in [3.05, 3.63) is 24.3 Å². The molecule has 0 aromatic heterocycles. The number of benzene rings is 1. The maximum absolute atomic E-state index is 14.0. The number of hydrogen-bond donors (Lipinski definition) is 2. The van der Waals surface area contributed by atoms with Gasteiger partial charge in [0.2, 0.25) is 0 Å². The normalized spacial score (nSPS) is 16.8. The summed E-state index contributed by atoms with van der Waals surface area (Å²) in [6, 6.07) is 6.18. The van der Waals surface area contributed by atoms with Gasteiger partial charge in [0.1, 0.15) is 18.0 Å². The van der Waals surface area contributed by atoms with E-state index in [1.807, 2.05) is 19.0 Å². The summed E-state index contributed by atoms with van der Waals surface area (Å²) in [6.07, 6.45) is 0.372. The first-order valence-corrected chi connectivity index (χ1v) is 7.54. The van der Waals surface area contributed by atoms with Gasteiger partial charge in [-0.1, -0.05) is 0 Å². The van der Waals surface area contributed by atoms with Crippen LogP contribution in [0.4, 0.5) is 14.5 Å². The molecule has 0 heterocycles. The van der Waals surface area contributed by atoms with Crippen molar-refractivity contribution in [3.63, 3.8) is 0 Å². The quantitative estimate of drug-likeness (QED) is 0.805. The molecular weight excluding hydrogens is 306 g/mol. The maximum atomic E-state index is 14.0. The highest BCUT2D eigenvalue weighted by atomic mass is 19.3. The van der Waals surface area contributed by atoms with E-state index in [1.165, 1.54) is 12.1 Å². The number of carbonyl (C=O) groups is 1. The van der Waals surface area contributed by atoms with Crippen LogP contribution < -0.4 is 10.1 Å². The SMILES string of the molecule is CN(C)CCOc1ccc(NC(=O)C(F)(F)C2(O)CCC2)cc1.